The predicted octanol–water partition coefficient (Wildman–Crippen LogP) is 2.58. The Balaban J connectivity index is 1.78. The van der Waals surface area contributed by atoms with Crippen LogP contribution in [0.15, 0.2) is 46.3 Å². The van der Waals surface area contributed by atoms with Gasteiger partial charge in [-0.15, -0.1) is 0 Å². The van der Waals surface area contributed by atoms with Crippen LogP contribution >= 0.6 is 0 Å². The molecule has 1 amide bonds. The summed E-state index contributed by atoms with van der Waals surface area (Å²) < 4.78 is 91.7. The van der Waals surface area contributed by atoms with E-state index in [1.807, 2.05) is 0 Å². The number of carbonyl (C=O) groups is 1. The Bertz CT molecular complexity index is 1050. The number of hydrogen-bond donors (Lipinski definition) is 1. The molecule has 1 aromatic heterocycles. The van der Waals surface area contributed by atoms with Gasteiger partial charge in [-0.2, -0.15) is 22.0 Å². The lowest BCUT2D eigenvalue weighted by atomic mass is 10.1. The quantitative estimate of drug-likeness (QED) is 0.702. The molecule has 2 aromatic rings. The Morgan fingerprint density at radius 3 is 2.27 bits per heavy atom. The standard InChI is InChI=1S/C17H14F5N3O4S/c18-16(19)29-10-7-25(8-10)15(26)14-13(23)5-12(6-24-14)30(27,28)11-3-1-9(2-4-11)17(20,21)22/h1-6,10,16H,7-8,23H2. The summed E-state index contributed by atoms with van der Waals surface area (Å²) in [5.41, 5.74) is 4.16. The number of halogens is 5. The topological polar surface area (TPSA) is 103 Å². The molecule has 13 heteroatoms. The molecule has 0 spiro atoms. The number of nitrogens with zero attached hydrogens (tertiary/aromatic N) is 2. The van der Waals surface area contributed by atoms with Gasteiger partial charge in [0.2, 0.25) is 9.84 Å². The number of sulfone groups is 1. The van der Waals surface area contributed by atoms with Gasteiger partial charge < -0.3 is 15.4 Å². The zero-order chi connectivity index (χ0) is 22.3. The summed E-state index contributed by atoms with van der Waals surface area (Å²) in [4.78, 5) is 16.4. The molecular weight excluding hydrogens is 437 g/mol. The van der Waals surface area contributed by atoms with Crippen molar-refractivity contribution >= 4 is 21.4 Å². The molecule has 0 bridgehead atoms. The number of hydrogen-bond acceptors (Lipinski definition) is 6. The van der Waals surface area contributed by atoms with Gasteiger partial charge in [0.15, 0.2) is 5.69 Å². The van der Waals surface area contributed by atoms with Gasteiger partial charge in [0.25, 0.3) is 5.91 Å². The SMILES string of the molecule is Nc1cc(S(=O)(=O)c2ccc(C(F)(F)F)cc2)cnc1C(=O)N1CC(OC(F)F)C1. The summed E-state index contributed by atoms with van der Waals surface area (Å²) >= 11 is 0. The number of ether oxygens (including phenoxy) is 1. The van der Waals surface area contributed by atoms with Crippen LogP contribution in [-0.2, 0) is 20.8 Å². The molecule has 1 aliphatic heterocycles. The summed E-state index contributed by atoms with van der Waals surface area (Å²) in [6, 6.07) is 3.82. The number of amides is 1. The van der Waals surface area contributed by atoms with Crippen LogP contribution in [0.5, 0.6) is 0 Å². The molecule has 3 rings (SSSR count). The summed E-state index contributed by atoms with van der Waals surface area (Å²) in [7, 11) is -4.24. The first-order valence-electron chi connectivity index (χ1n) is 8.30. The first kappa shape index (κ1) is 21.9. The van der Waals surface area contributed by atoms with Crippen molar-refractivity contribution in [2.24, 2.45) is 0 Å². The molecule has 162 valence electrons. The van der Waals surface area contributed by atoms with Crippen LogP contribution in [0.2, 0.25) is 0 Å². The third-order valence-electron chi connectivity index (χ3n) is 4.33. The molecule has 0 radical (unpaired) electrons. The monoisotopic (exact) mass is 451 g/mol. The van der Waals surface area contributed by atoms with E-state index in [9.17, 15) is 35.2 Å². The number of nitrogen functional groups attached to an aromatic ring is 1. The van der Waals surface area contributed by atoms with Crippen molar-refractivity contribution in [3.63, 3.8) is 0 Å². The predicted molar refractivity (Wildman–Crippen MR) is 92.3 cm³/mol. The van der Waals surface area contributed by atoms with Crippen LogP contribution in [0.1, 0.15) is 16.1 Å². The number of benzene rings is 1. The zero-order valence-corrected chi connectivity index (χ0v) is 15.8. The number of alkyl halides is 5. The number of nitrogens with two attached hydrogens (primary N) is 1. The Hall–Kier alpha value is -2.80. The van der Waals surface area contributed by atoms with Crippen LogP contribution in [0.25, 0.3) is 0 Å². The van der Waals surface area contributed by atoms with E-state index >= 15 is 0 Å². The van der Waals surface area contributed by atoms with E-state index in [1.165, 1.54) is 0 Å². The fraction of sp³-hybridized carbons (Fsp3) is 0.294. The van der Waals surface area contributed by atoms with E-state index in [-0.39, 0.29) is 24.5 Å². The van der Waals surface area contributed by atoms with Crippen LogP contribution in [0, 0.1) is 0 Å². The fourth-order valence-electron chi connectivity index (χ4n) is 2.73. The fourth-order valence-corrected chi connectivity index (χ4v) is 3.97. The van der Waals surface area contributed by atoms with E-state index in [4.69, 9.17) is 5.73 Å². The average Bonchev–Trinajstić information content (AvgIpc) is 2.63. The summed E-state index contributed by atoms with van der Waals surface area (Å²) in [6.07, 6.45) is -4.59. The van der Waals surface area contributed by atoms with E-state index in [1.54, 1.807) is 0 Å². The highest BCUT2D eigenvalue weighted by atomic mass is 32.2. The van der Waals surface area contributed by atoms with Gasteiger partial charge in [-0.1, -0.05) is 0 Å². The van der Waals surface area contributed by atoms with E-state index in [0.29, 0.717) is 12.1 Å². The third-order valence-corrected chi connectivity index (χ3v) is 6.06. The first-order valence-corrected chi connectivity index (χ1v) is 9.78. The van der Waals surface area contributed by atoms with E-state index < -0.39 is 50.0 Å². The van der Waals surface area contributed by atoms with Crippen molar-refractivity contribution in [3.8, 4) is 0 Å². The van der Waals surface area contributed by atoms with Crippen LogP contribution in [0.4, 0.5) is 27.6 Å². The molecule has 0 unspecified atom stereocenters. The largest absolute Gasteiger partial charge is 0.416 e. The summed E-state index contributed by atoms with van der Waals surface area (Å²) in [5.74, 6) is -0.694. The maximum absolute atomic E-state index is 12.6. The third kappa shape index (κ3) is 4.36. The highest BCUT2D eigenvalue weighted by Gasteiger charge is 2.35. The number of aromatic nitrogens is 1. The van der Waals surface area contributed by atoms with Gasteiger partial charge in [0.1, 0.15) is 0 Å². The van der Waals surface area contributed by atoms with Crippen LogP contribution < -0.4 is 5.73 Å². The second-order valence-corrected chi connectivity index (χ2v) is 8.31. The molecular formula is C17H14F5N3O4S. The molecule has 2 N–H and O–H groups in total. The van der Waals surface area contributed by atoms with Crippen molar-refractivity contribution in [2.75, 3.05) is 18.8 Å². The number of pyridine rings is 1. The van der Waals surface area contributed by atoms with Crippen LogP contribution in [-0.4, -0.2) is 50.0 Å². The smallest absolute Gasteiger partial charge is 0.397 e. The maximum atomic E-state index is 12.6. The number of anilines is 1. The average molecular weight is 451 g/mol. The van der Waals surface area contributed by atoms with E-state index in [0.717, 1.165) is 29.3 Å². The normalized spacial score (nSPS) is 15.3. The highest BCUT2D eigenvalue weighted by Crippen LogP contribution is 2.31. The molecule has 30 heavy (non-hydrogen) atoms. The van der Waals surface area contributed by atoms with Crippen LogP contribution in [0.3, 0.4) is 0 Å². The van der Waals surface area contributed by atoms with Gasteiger partial charge in [0.05, 0.1) is 27.1 Å². The minimum absolute atomic E-state index is 0.101. The molecule has 0 saturated carbocycles. The summed E-state index contributed by atoms with van der Waals surface area (Å²) in [6.45, 7) is -3.17. The summed E-state index contributed by atoms with van der Waals surface area (Å²) in [5, 5.41) is 0. The zero-order valence-electron chi connectivity index (χ0n) is 14.9. The van der Waals surface area contributed by atoms with Crippen molar-refractivity contribution in [1.29, 1.82) is 0 Å². The molecule has 2 heterocycles. The molecule has 1 aliphatic rings. The molecule has 7 nitrogen and oxygen atoms in total. The van der Waals surface area contributed by atoms with Gasteiger partial charge in [-0.05, 0) is 30.3 Å². The molecule has 0 atom stereocenters. The van der Waals surface area contributed by atoms with E-state index in [2.05, 4.69) is 9.72 Å². The Morgan fingerprint density at radius 2 is 1.77 bits per heavy atom. The minimum atomic E-state index is -4.62. The van der Waals surface area contributed by atoms with Crippen molar-refractivity contribution in [3.05, 3.63) is 47.8 Å². The maximum Gasteiger partial charge on any atom is 0.416 e. The second-order valence-electron chi connectivity index (χ2n) is 6.36. The lowest BCUT2D eigenvalue weighted by Gasteiger charge is -2.38. The minimum Gasteiger partial charge on any atom is -0.397 e. The van der Waals surface area contributed by atoms with Crippen molar-refractivity contribution in [1.82, 2.24) is 9.88 Å². The van der Waals surface area contributed by atoms with Crippen molar-refractivity contribution < 1.29 is 39.9 Å². The lowest BCUT2D eigenvalue weighted by Crippen LogP contribution is -2.55. The molecule has 1 aromatic carbocycles. The Kier molecular flexibility index (Phi) is 5.69. The first-order chi connectivity index (χ1) is 13.9. The van der Waals surface area contributed by atoms with Gasteiger partial charge >= 0.3 is 12.8 Å². The lowest BCUT2D eigenvalue weighted by molar-refractivity contribution is -0.189. The number of likely N-dealkylation sites (tertiary alicyclic amines) is 1. The Labute approximate surface area is 167 Å². The molecule has 1 saturated heterocycles. The second kappa shape index (κ2) is 7.80. The van der Waals surface area contributed by atoms with Gasteiger partial charge in [-0.3, -0.25) is 4.79 Å². The molecule has 0 aliphatic carbocycles. The van der Waals surface area contributed by atoms with Crippen molar-refractivity contribution in [2.45, 2.75) is 28.7 Å². The van der Waals surface area contributed by atoms with Gasteiger partial charge in [0, 0.05) is 19.3 Å². The number of rotatable bonds is 5. The highest BCUT2D eigenvalue weighted by molar-refractivity contribution is 7.91. The van der Waals surface area contributed by atoms with Gasteiger partial charge in [-0.25, -0.2) is 13.4 Å². The number of carbonyl (C=O) groups excluding carboxylic acids is 1. The Morgan fingerprint density at radius 1 is 1.17 bits per heavy atom. The molecule has 1 fully saturated rings.